The van der Waals surface area contributed by atoms with Crippen LogP contribution in [0.5, 0.6) is 5.75 Å². The Kier molecular flexibility index (Phi) is 4.68. The van der Waals surface area contributed by atoms with Gasteiger partial charge < -0.3 is 10.4 Å². The summed E-state index contributed by atoms with van der Waals surface area (Å²) in [5, 5.41) is 15.0. The van der Waals surface area contributed by atoms with E-state index in [2.05, 4.69) is 15.8 Å². The van der Waals surface area contributed by atoms with Crippen LogP contribution in [0.1, 0.15) is 12.5 Å². The third-order valence-electron chi connectivity index (χ3n) is 1.82. The molecule has 1 rings (SSSR count). The first-order valence-corrected chi connectivity index (χ1v) is 5.03. The number of hydrazone groups is 1. The summed E-state index contributed by atoms with van der Waals surface area (Å²) in [6, 6.07) is 6.23. The van der Waals surface area contributed by atoms with Crippen LogP contribution in [0, 0.1) is 0 Å². The van der Waals surface area contributed by atoms with Crippen LogP contribution in [0.4, 0.5) is 0 Å². The average Bonchev–Trinajstić information content (AvgIpc) is 2.32. The molecule has 0 unspecified atom stereocenters. The molecule has 0 bridgehead atoms. The van der Waals surface area contributed by atoms with E-state index in [1.165, 1.54) is 18.3 Å². The quantitative estimate of drug-likeness (QED) is 0.390. The highest BCUT2D eigenvalue weighted by Crippen LogP contribution is 2.07. The van der Waals surface area contributed by atoms with Crippen molar-refractivity contribution in [3.05, 3.63) is 29.8 Å². The Bertz CT molecular complexity index is 426. The van der Waals surface area contributed by atoms with Gasteiger partial charge in [-0.05, 0) is 36.8 Å². The zero-order valence-corrected chi connectivity index (χ0v) is 9.30. The molecule has 1 aromatic carbocycles. The maximum Gasteiger partial charge on any atom is 0.329 e. The van der Waals surface area contributed by atoms with Crippen LogP contribution in [0.15, 0.2) is 29.4 Å². The predicted molar refractivity (Wildman–Crippen MR) is 62.5 cm³/mol. The fraction of sp³-hybridized carbons (Fsp3) is 0.182. The molecule has 3 N–H and O–H groups in total. The minimum absolute atomic E-state index is 0.147. The van der Waals surface area contributed by atoms with Gasteiger partial charge in [-0.2, -0.15) is 5.10 Å². The summed E-state index contributed by atoms with van der Waals surface area (Å²) in [6.07, 6.45) is 1.37. The number of carbonyl (C=O) groups is 2. The van der Waals surface area contributed by atoms with Crippen molar-refractivity contribution >= 4 is 18.0 Å². The van der Waals surface area contributed by atoms with Gasteiger partial charge in [0.15, 0.2) is 0 Å². The summed E-state index contributed by atoms with van der Waals surface area (Å²) in [5.74, 6) is -1.40. The standard InChI is InChI=1S/C11H13N3O3/c1-2-12-10(16)11(17)14-13-7-8-3-5-9(15)6-4-8/h3-7,15H,2H2,1H3,(H,12,16)(H,14,17)/b13-7+. The number of hydrogen-bond acceptors (Lipinski definition) is 4. The van der Waals surface area contributed by atoms with Gasteiger partial charge in [0.1, 0.15) is 5.75 Å². The number of rotatable bonds is 3. The molecule has 0 saturated carbocycles. The molecular weight excluding hydrogens is 222 g/mol. The van der Waals surface area contributed by atoms with Gasteiger partial charge in [0.05, 0.1) is 6.21 Å². The second kappa shape index (κ2) is 6.26. The van der Waals surface area contributed by atoms with Gasteiger partial charge in [0.2, 0.25) is 0 Å². The molecule has 0 spiro atoms. The van der Waals surface area contributed by atoms with Gasteiger partial charge in [0.25, 0.3) is 0 Å². The van der Waals surface area contributed by atoms with Gasteiger partial charge in [-0.1, -0.05) is 0 Å². The number of nitrogens with one attached hydrogen (secondary N) is 2. The van der Waals surface area contributed by atoms with Crippen molar-refractivity contribution in [3.8, 4) is 5.75 Å². The van der Waals surface area contributed by atoms with E-state index in [0.29, 0.717) is 12.1 Å². The first kappa shape index (κ1) is 12.7. The Morgan fingerprint density at radius 1 is 1.29 bits per heavy atom. The molecule has 0 atom stereocenters. The minimum atomic E-state index is -0.818. The number of hydrogen-bond donors (Lipinski definition) is 3. The van der Waals surface area contributed by atoms with Crippen molar-refractivity contribution in [1.82, 2.24) is 10.7 Å². The molecule has 1 aromatic rings. The Balaban J connectivity index is 2.47. The molecule has 6 nitrogen and oxygen atoms in total. The SMILES string of the molecule is CCNC(=O)C(=O)N/N=C/c1ccc(O)cc1. The number of phenolic OH excluding ortho intramolecular Hbond substituents is 1. The third-order valence-corrected chi connectivity index (χ3v) is 1.82. The van der Waals surface area contributed by atoms with E-state index in [1.54, 1.807) is 19.1 Å². The molecule has 0 aromatic heterocycles. The van der Waals surface area contributed by atoms with E-state index in [0.717, 1.165) is 0 Å². The highest BCUT2D eigenvalue weighted by atomic mass is 16.3. The van der Waals surface area contributed by atoms with Crippen LogP contribution in [0.3, 0.4) is 0 Å². The van der Waals surface area contributed by atoms with Gasteiger partial charge in [-0.15, -0.1) is 0 Å². The number of nitrogens with zero attached hydrogens (tertiary/aromatic N) is 1. The molecule has 0 radical (unpaired) electrons. The van der Waals surface area contributed by atoms with E-state index in [4.69, 9.17) is 5.11 Å². The lowest BCUT2D eigenvalue weighted by Gasteiger charge is -1.99. The van der Waals surface area contributed by atoms with Gasteiger partial charge in [-0.25, -0.2) is 5.43 Å². The second-order valence-electron chi connectivity index (χ2n) is 3.15. The first-order chi connectivity index (χ1) is 8.13. The summed E-state index contributed by atoms with van der Waals surface area (Å²) in [6.45, 7) is 2.10. The number of benzene rings is 1. The molecule has 0 aliphatic carbocycles. The third kappa shape index (κ3) is 4.33. The Morgan fingerprint density at radius 3 is 2.53 bits per heavy atom. The summed E-state index contributed by atoms with van der Waals surface area (Å²) in [4.78, 5) is 22.1. The number of aromatic hydroxyl groups is 1. The highest BCUT2D eigenvalue weighted by molar-refractivity contribution is 6.35. The molecule has 0 heterocycles. The van der Waals surface area contributed by atoms with E-state index in [1.807, 2.05) is 0 Å². The van der Waals surface area contributed by atoms with Crippen molar-refractivity contribution in [2.24, 2.45) is 5.10 Å². The van der Waals surface area contributed by atoms with Crippen molar-refractivity contribution in [2.45, 2.75) is 6.92 Å². The molecule has 0 saturated heterocycles. The van der Waals surface area contributed by atoms with Crippen molar-refractivity contribution in [2.75, 3.05) is 6.54 Å². The summed E-state index contributed by atoms with van der Waals surface area (Å²) in [5.41, 5.74) is 2.78. The van der Waals surface area contributed by atoms with E-state index >= 15 is 0 Å². The molecule has 0 fully saturated rings. The zero-order chi connectivity index (χ0) is 12.7. The van der Waals surface area contributed by atoms with Crippen LogP contribution in [-0.2, 0) is 9.59 Å². The van der Waals surface area contributed by atoms with E-state index in [9.17, 15) is 9.59 Å². The van der Waals surface area contributed by atoms with Gasteiger partial charge >= 0.3 is 11.8 Å². The Hall–Kier alpha value is -2.37. The van der Waals surface area contributed by atoms with Gasteiger partial charge in [-0.3, -0.25) is 9.59 Å². The molecule has 2 amide bonds. The van der Waals surface area contributed by atoms with Crippen LogP contribution in [0.25, 0.3) is 0 Å². The zero-order valence-electron chi connectivity index (χ0n) is 9.30. The van der Waals surface area contributed by atoms with E-state index in [-0.39, 0.29) is 5.75 Å². The van der Waals surface area contributed by atoms with Crippen LogP contribution >= 0.6 is 0 Å². The largest absolute Gasteiger partial charge is 0.508 e. The number of phenols is 1. The molecule has 90 valence electrons. The smallest absolute Gasteiger partial charge is 0.329 e. The lowest BCUT2D eigenvalue weighted by molar-refractivity contribution is -0.139. The van der Waals surface area contributed by atoms with Crippen LogP contribution in [0.2, 0.25) is 0 Å². The fourth-order valence-electron chi connectivity index (χ4n) is 1.02. The Labute approximate surface area is 98.3 Å². The van der Waals surface area contributed by atoms with Crippen molar-refractivity contribution in [1.29, 1.82) is 0 Å². The number of amides is 2. The van der Waals surface area contributed by atoms with Crippen molar-refractivity contribution in [3.63, 3.8) is 0 Å². The highest BCUT2D eigenvalue weighted by Gasteiger charge is 2.09. The van der Waals surface area contributed by atoms with Crippen molar-refractivity contribution < 1.29 is 14.7 Å². The van der Waals surface area contributed by atoms with Gasteiger partial charge in [0, 0.05) is 6.54 Å². The topological polar surface area (TPSA) is 90.8 Å². The summed E-state index contributed by atoms with van der Waals surface area (Å²) >= 11 is 0. The second-order valence-corrected chi connectivity index (χ2v) is 3.15. The summed E-state index contributed by atoms with van der Waals surface area (Å²) < 4.78 is 0. The van der Waals surface area contributed by atoms with E-state index < -0.39 is 11.8 Å². The maximum atomic E-state index is 11.1. The molecular formula is C11H13N3O3. The summed E-state index contributed by atoms with van der Waals surface area (Å²) in [7, 11) is 0. The monoisotopic (exact) mass is 235 g/mol. The lowest BCUT2D eigenvalue weighted by atomic mass is 10.2. The molecule has 17 heavy (non-hydrogen) atoms. The number of likely N-dealkylation sites (N-methyl/N-ethyl adjacent to an activating group) is 1. The molecule has 0 aliphatic rings. The molecule has 6 heteroatoms. The molecule has 0 aliphatic heterocycles. The van der Waals surface area contributed by atoms with Crippen LogP contribution < -0.4 is 10.7 Å². The maximum absolute atomic E-state index is 11.1. The Morgan fingerprint density at radius 2 is 1.94 bits per heavy atom. The fourth-order valence-corrected chi connectivity index (χ4v) is 1.02. The predicted octanol–water partition coefficient (Wildman–Crippen LogP) is -0.0216. The first-order valence-electron chi connectivity index (χ1n) is 5.03. The number of carbonyl (C=O) groups excluding carboxylic acids is 2. The minimum Gasteiger partial charge on any atom is -0.508 e. The lowest BCUT2D eigenvalue weighted by Crippen LogP contribution is -2.37. The normalized spacial score (nSPS) is 10.2. The average molecular weight is 235 g/mol. The van der Waals surface area contributed by atoms with Crippen LogP contribution in [-0.4, -0.2) is 29.7 Å².